The van der Waals surface area contributed by atoms with Gasteiger partial charge in [-0.1, -0.05) is 13.8 Å². The number of nitriles is 1. The third-order valence-electron chi connectivity index (χ3n) is 3.24. The van der Waals surface area contributed by atoms with Crippen molar-refractivity contribution in [3.05, 3.63) is 29.8 Å². The Hall–Kier alpha value is -2.00. The Bertz CT molecular complexity index is 578. The van der Waals surface area contributed by atoms with Crippen LogP contribution in [0.5, 0.6) is 0 Å². The van der Waals surface area contributed by atoms with Crippen LogP contribution in [0, 0.1) is 17.2 Å². The molecule has 2 rings (SSSR count). The number of benzene rings is 1. The molecule has 1 saturated heterocycles. The Balaban J connectivity index is 2.05. The Kier molecular flexibility index (Phi) is 4.86. The van der Waals surface area contributed by atoms with E-state index < -0.39 is 6.04 Å². The van der Waals surface area contributed by atoms with Crippen molar-refractivity contribution in [2.24, 2.45) is 5.92 Å². The van der Waals surface area contributed by atoms with Gasteiger partial charge < -0.3 is 10.2 Å². The highest BCUT2D eigenvalue weighted by Gasteiger charge is 2.35. The lowest BCUT2D eigenvalue weighted by atomic mass is 10.1. The molecule has 1 heterocycles. The maximum absolute atomic E-state index is 12.3. The molecule has 1 aliphatic heterocycles. The van der Waals surface area contributed by atoms with E-state index in [1.165, 1.54) is 0 Å². The van der Waals surface area contributed by atoms with Crippen LogP contribution in [0.4, 0.5) is 5.69 Å². The van der Waals surface area contributed by atoms with Crippen LogP contribution in [0.15, 0.2) is 24.3 Å². The number of hydrogen-bond acceptors (Lipinski definition) is 4. The van der Waals surface area contributed by atoms with E-state index in [4.69, 9.17) is 5.26 Å². The first-order valence-electron chi connectivity index (χ1n) is 6.72. The maximum Gasteiger partial charge on any atom is 0.248 e. The molecule has 0 spiro atoms. The number of carbonyl (C=O) groups excluding carboxylic acids is 2. The molecule has 1 N–H and O–H groups in total. The zero-order valence-electron chi connectivity index (χ0n) is 12.0. The van der Waals surface area contributed by atoms with Gasteiger partial charge in [0, 0.05) is 17.4 Å². The molecule has 0 aliphatic carbocycles. The number of hydrogen-bond donors (Lipinski definition) is 1. The third-order valence-corrected chi connectivity index (χ3v) is 4.26. The zero-order chi connectivity index (χ0) is 15.4. The highest BCUT2D eigenvalue weighted by molar-refractivity contribution is 7.99. The summed E-state index contributed by atoms with van der Waals surface area (Å²) in [6.07, 6.45) is 0. The predicted octanol–water partition coefficient (Wildman–Crippen LogP) is 2.05. The third kappa shape index (κ3) is 3.56. The summed E-state index contributed by atoms with van der Waals surface area (Å²) in [5.41, 5.74) is 1.17. The van der Waals surface area contributed by atoms with Crippen molar-refractivity contribution in [2.75, 3.05) is 16.9 Å². The zero-order valence-corrected chi connectivity index (χ0v) is 12.8. The number of rotatable bonds is 3. The van der Waals surface area contributed by atoms with E-state index in [0.717, 1.165) is 0 Å². The van der Waals surface area contributed by atoms with Crippen molar-refractivity contribution < 1.29 is 9.59 Å². The van der Waals surface area contributed by atoms with Crippen LogP contribution in [-0.4, -0.2) is 34.4 Å². The molecule has 21 heavy (non-hydrogen) atoms. The Labute approximate surface area is 128 Å². The number of thioether (sulfide) groups is 1. The van der Waals surface area contributed by atoms with Gasteiger partial charge in [-0.2, -0.15) is 5.26 Å². The molecule has 1 aromatic rings. The van der Waals surface area contributed by atoms with E-state index in [-0.39, 0.29) is 17.7 Å². The summed E-state index contributed by atoms with van der Waals surface area (Å²) < 4.78 is 0. The van der Waals surface area contributed by atoms with Gasteiger partial charge in [-0.25, -0.2) is 0 Å². The molecular formula is C15H17N3O2S. The van der Waals surface area contributed by atoms with Crippen LogP contribution in [0.1, 0.15) is 19.4 Å². The quantitative estimate of drug-likeness (QED) is 0.927. The lowest BCUT2D eigenvalue weighted by molar-refractivity contribution is -0.138. The van der Waals surface area contributed by atoms with Crippen molar-refractivity contribution in [1.82, 2.24) is 4.90 Å². The summed E-state index contributed by atoms with van der Waals surface area (Å²) >= 11 is 1.58. The van der Waals surface area contributed by atoms with Crippen LogP contribution in [0.25, 0.3) is 0 Å². The van der Waals surface area contributed by atoms with E-state index in [2.05, 4.69) is 5.32 Å². The summed E-state index contributed by atoms with van der Waals surface area (Å²) in [6.45, 7) is 3.67. The van der Waals surface area contributed by atoms with Crippen LogP contribution in [-0.2, 0) is 9.59 Å². The highest BCUT2D eigenvalue weighted by atomic mass is 32.2. The molecule has 1 aromatic carbocycles. The molecule has 0 aromatic heterocycles. The summed E-state index contributed by atoms with van der Waals surface area (Å²) in [6, 6.07) is 8.27. The van der Waals surface area contributed by atoms with Crippen LogP contribution < -0.4 is 5.32 Å². The molecule has 2 amide bonds. The molecule has 1 aliphatic rings. The molecule has 0 saturated carbocycles. The minimum atomic E-state index is -0.430. The van der Waals surface area contributed by atoms with Gasteiger partial charge in [0.15, 0.2) is 0 Å². The van der Waals surface area contributed by atoms with Gasteiger partial charge >= 0.3 is 0 Å². The van der Waals surface area contributed by atoms with E-state index in [0.29, 0.717) is 22.9 Å². The number of nitrogens with one attached hydrogen (secondary N) is 1. The molecule has 0 bridgehead atoms. The first-order valence-corrected chi connectivity index (χ1v) is 7.87. The lowest BCUT2D eigenvalue weighted by Crippen LogP contribution is -2.46. The number of carbonyl (C=O) groups is 2. The van der Waals surface area contributed by atoms with Gasteiger partial charge in [-0.05, 0) is 24.3 Å². The maximum atomic E-state index is 12.3. The molecule has 1 fully saturated rings. The van der Waals surface area contributed by atoms with Crippen LogP contribution >= 0.6 is 11.8 Å². The number of anilines is 1. The minimum absolute atomic E-state index is 0.0000200. The van der Waals surface area contributed by atoms with Gasteiger partial charge in [0.2, 0.25) is 11.8 Å². The second-order valence-electron chi connectivity index (χ2n) is 5.16. The molecule has 6 heteroatoms. The van der Waals surface area contributed by atoms with E-state index in [1.54, 1.807) is 40.9 Å². The predicted molar refractivity (Wildman–Crippen MR) is 82.6 cm³/mol. The number of amides is 2. The standard InChI is InChI=1S/C15H17N3O2S/c1-10(2)15(20)18-9-21-8-13(18)14(19)17-12-5-3-11(7-16)4-6-12/h3-6,10,13H,8-9H2,1-2H3,(H,17,19)/t13-/m1/s1. The Morgan fingerprint density at radius 3 is 2.62 bits per heavy atom. The average molecular weight is 303 g/mol. The van der Waals surface area contributed by atoms with Crippen molar-refractivity contribution in [3.63, 3.8) is 0 Å². The highest BCUT2D eigenvalue weighted by Crippen LogP contribution is 2.24. The molecule has 0 unspecified atom stereocenters. The van der Waals surface area contributed by atoms with Gasteiger partial charge in [0.05, 0.1) is 17.5 Å². The number of nitrogens with zero attached hydrogens (tertiary/aromatic N) is 2. The van der Waals surface area contributed by atoms with Crippen molar-refractivity contribution in [2.45, 2.75) is 19.9 Å². The van der Waals surface area contributed by atoms with Crippen molar-refractivity contribution >= 4 is 29.3 Å². The topological polar surface area (TPSA) is 73.2 Å². The fourth-order valence-corrected chi connectivity index (χ4v) is 3.23. The van der Waals surface area contributed by atoms with Crippen molar-refractivity contribution in [3.8, 4) is 6.07 Å². The lowest BCUT2D eigenvalue weighted by Gasteiger charge is -2.24. The van der Waals surface area contributed by atoms with Crippen molar-refractivity contribution in [1.29, 1.82) is 5.26 Å². The summed E-state index contributed by atoms with van der Waals surface area (Å²) in [7, 11) is 0. The van der Waals surface area contributed by atoms with Crippen LogP contribution in [0.3, 0.4) is 0 Å². The van der Waals surface area contributed by atoms with Gasteiger partial charge in [0.25, 0.3) is 0 Å². The van der Waals surface area contributed by atoms with E-state index in [1.807, 2.05) is 19.9 Å². The molecule has 110 valence electrons. The molecular weight excluding hydrogens is 286 g/mol. The van der Waals surface area contributed by atoms with E-state index in [9.17, 15) is 9.59 Å². The normalized spacial score (nSPS) is 17.6. The van der Waals surface area contributed by atoms with Gasteiger partial charge in [-0.3, -0.25) is 9.59 Å². The fraction of sp³-hybridized carbons (Fsp3) is 0.400. The summed E-state index contributed by atoms with van der Waals surface area (Å²) in [5.74, 6) is 0.871. The molecule has 5 nitrogen and oxygen atoms in total. The first-order chi connectivity index (χ1) is 10.0. The monoisotopic (exact) mass is 303 g/mol. The Morgan fingerprint density at radius 2 is 2.05 bits per heavy atom. The Morgan fingerprint density at radius 1 is 1.38 bits per heavy atom. The molecule has 1 atom stereocenters. The average Bonchev–Trinajstić information content (AvgIpc) is 2.96. The fourth-order valence-electron chi connectivity index (χ4n) is 2.06. The SMILES string of the molecule is CC(C)C(=O)N1CSC[C@@H]1C(=O)Nc1ccc(C#N)cc1. The van der Waals surface area contributed by atoms with Crippen LogP contribution in [0.2, 0.25) is 0 Å². The van der Waals surface area contributed by atoms with E-state index >= 15 is 0 Å². The minimum Gasteiger partial charge on any atom is -0.324 e. The second-order valence-corrected chi connectivity index (χ2v) is 6.16. The van der Waals surface area contributed by atoms with Gasteiger partial charge in [0.1, 0.15) is 6.04 Å². The summed E-state index contributed by atoms with van der Waals surface area (Å²) in [4.78, 5) is 26.0. The van der Waals surface area contributed by atoms with Gasteiger partial charge in [-0.15, -0.1) is 11.8 Å². The first kappa shape index (κ1) is 15.4. The second kappa shape index (κ2) is 6.64. The summed E-state index contributed by atoms with van der Waals surface area (Å²) in [5, 5.41) is 11.5. The smallest absolute Gasteiger partial charge is 0.248 e. The molecule has 0 radical (unpaired) electrons. The largest absolute Gasteiger partial charge is 0.324 e.